The molecule has 0 unspecified atom stereocenters. The number of aromatic nitrogens is 2. The lowest BCUT2D eigenvalue weighted by molar-refractivity contribution is 0.0950. The lowest BCUT2D eigenvalue weighted by Crippen LogP contribution is -2.24. The summed E-state index contributed by atoms with van der Waals surface area (Å²) >= 11 is 5.93. The number of hydrogen-bond acceptors (Lipinski definition) is 2. The van der Waals surface area contributed by atoms with Crippen molar-refractivity contribution in [2.45, 2.75) is 33.4 Å². The molecule has 2 rings (SSSR count). The molecule has 1 N–H and O–H groups in total. The summed E-state index contributed by atoms with van der Waals surface area (Å²) in [5.41, 5.74) is 1.58. The predicted molar refractivity (Wildman–Crippen MR) is 79.8 cm³/mol. The predicted octanol–water partition coefficient (Wildman–Crippen LogP) is 3.32. The topological polar surface area (TPSA) is 46.9 Å². The van der Waals surface area contributed by atoms with Crippen molar-refractivity contribution in [2.24, 2.45) is 0 Å². The van der Waals surface area contributed by atoms with Crippen LogP contribution in [0.25, 0.3) is 0 Å². The Hall–Kier alpha value is -1.88. The monoisotopic (exact) mass is 309 g/mol. The highest BCUT2D eigenvalue weighted by molar-refractivity contribution is 6.31. The summed E-state index contributed by atoms with van der Waals surface area (Å²) in [4.78, 5) is 12.1. The molecule has 0 fully saturated rings. The molecule has 21 heavy (non-hydrogen) atoms. The first-order valence-corrected chi connectivity index (χ1v) is 7.15. The summed E-state index contributed by atoms with van der Waals surface area (Å²) in [6.45, 7) is 4.69. The number of rotatable bonds is 5. The summed E-state index contributed by atoms with van der Waals surface area (Å²) in [6.07, 6.45) is 2.47. The van der Waals surface area contributed by atoms with Crippen molar-refractivity contribution in [3.8, 4) is 0 Å². The second-order valence-electron chi connectivity index (χ2n) is 4.75. The van der Waals surface area contributed by atoms with E-state index in [1.165, 1.54) is 18.3 Å². The first kappa shape index (κ1) is 15.5. The SMILES string of the molecule is CCCn1ncc(C(=O)NCc2c(F)cccc2Cl)c1C. The lowest BCUT2D eigenvalue weighted by Gasteiger charge is -2.08. The van der Waals surface area contributed by atoms with Crippen molar-refractivity contribution < 1.29 is 9.18 Å². The number of halogens is 2. The minimum absolute atomic E-state index is 0.0444. The molecule has 1 amide bonds. The Morgan fingerprint density at radius 2 is 2.24 bits per heavy atom. The molecule has 0 atom stereocenters. The number of nitrogens with zero attached hydrogens (tertiary/aromatic N) is 2. The van der Waals surface area contributed by atoms with Gasteiger partial charge in [0.05, 0.1) is 11.8 Å². The van der Waals surface area contributed by atoms with Crippen LogP contribution in [0.1, 0.15) is 35.0 Å². The molecule has 2 aromatic rings. The van der Waals surface area contributed by atoms with Gasteiger partial charge in [-0.05, 0) is 25.5 Å². The molecule has 0 radical (unpaired) electrons. The van der Waals surface area contributed by atoms with Crippen molar-refractivity contribution in [1.82, 2.24) is 15.1 Å². The maximum Gasteiger partial charge on any atom is 0.255 e. The first-order valence-electron chi connectivity index (χ1n) is 6.78. The van der Waals surface area contributed by atoms with Gasteiger partial charge in [-0.1, -0.05) is 24.6 Å². The van der Waals surface area contributed by atoms with Crippen LogP contribution in [-0.2, 0) is 13.1 Å². The highest BCUT2D eigenvalue weighted by Crippen LogP contribution is 2.18. The Balaban J connectivity index is 2.09. The van der Waals surface area contributed by atoms with Gasteiger partial charge in [0.2, 0.25) is 0 Å². The summed E-state index contributed by atoms with van der Waals surface area (Å²) in [7, 11) is 0. The third-order valence-corrected chi connectivity index (χ3v) is 3.62. The van der Waals surface area contributed by atoms with Crippen LogP contribution in [0.4, 0.5) is 4.39 Å². The molecule has 4 nitrogen and oxygen atoms in total. The Morgan fingerprint density at radius 3 is 2.90 bits per heavy atom. The Kier molecular flexibility index (Phi) is 4.96. The second kappa shape index (κ2) is 6.72. The quantitative estimate of drug-likeness (QED) is 0.921. The van der Waals surface area contributed by atoms with Crippen LogP contribution < -0.4 is 5.32 Å². The smallest absolute Gasteiger partial charge is 0.255 e. The normalized spacial score (nSPS) is 10.7. The standard InChI is InChI=1S/C15H17ClFN3O/c1-3-7-20-10(2)11(9-19-20)15(21)18-8-12-13(16)5-4-6-14(12)17/h4-6,9H,3,7-8H2,1-2H3,(H,18,21). The maximum absolute atomic E-state index is 13.6. The van der Waals surface area contributed by atoms with E-state index in [0.717, 1.165) is 18.7 Å². The summed E-state index contributed by atoms with van der Waals surface area (Å²) in [5.74, 6) is -0.713. The molecule has 6 heteroatoms. The molecule has 0 saturated carbocycles. The number of amides is 1. The molecule has 0 spiro atoms. The van der Waals surface area contributed by atoms with E-state index in [1.807, 2.05) is 13.8 Å². The molecule has 0 aliphatic carbocycles. The highest BCUT2D eigenvalue weighted by Gasteiger charge is 2.15. The molecule has 1 heterocycles. The van der Waals surface area contributed by atoms with Gasteiger partial charge in [0.1, 0.15) is 5.82 Å². The molecule has 0 bridgehead atoms. The van der Waals surface area contributed by atoms with E-state index in [9.17, 15) is 9.18 Å². The van der Waals surface area contributed by atoms with Crippen LogP contribution in [-0.4, -0.2) is 15.7 Å². The van der Waals surface area contributed by atoms with Gasteiger partial charge in [-0.2, -0.15) is 5.10 Å². The summed E-state index contributed by atoms with van der Waals surface area (Å²) in [5, 5.41) is 7.15. The van der Waals surface area contributed by atoms with Crippen molar-refractivity contribution >= 4 is 17.5 Å². The van der Waals surface area contributed by atoms with Crippen LogP contribution in [0.5, 0.6) is 0 Å². The van der Waals surface area contributed by atoms with Crippen LogP contribution in [0, 0.1) is 12.7 Å². The number of benzene rings is 1. The minimum atomic E-state index is -0.429. The molecule has 1 aromatic carbocycles. The molecule has 0 saturated heterocycles. The van der Waals surface area contributed by atoms with E-state index in [0.29, 0.717) is 10.6 Å². The lowest BCUT2D eigenvalue weighted by atomic mass is 10.2. The zero-order chi connectivity index (χ0) is 15.4. The van der Waals surface area contributed by atoms with Gasteiger partial charge >= 0.3 is 0 Å². The second-order valence-corrected chi connectivity index (χ2v) is 5.16. The summed E-state index contributed by atoms with van der Waals surface area (Å²) < 4.78 is 15.4. The number of nitrogens with one attached hydrogen (secondary N) is 1. The fourth-order valence-electron chi connectivity index (χ4n) is 2.07. The van der Waals surface area contributed by atoms with Gasteiger partial charge < -0.3 is 5.32 Å². The number of aryl methyl sites for hydroxylation is 1. The van der Waals surface area contributed by atoms with Gasteiger partial charge in [0, 0.05) is 29.4 Å². The summed E-state index contributed by atoms with van der Waals surface area (Å²) in [6, 6.07) is 4.44. The van der Waals surface area contributed by atoms with Crippen LogP contribution in [0.2, 0.25) is 5.02 Å². The molecule has 0 aliphatic heterocycles. The maximum atomic E-state index is 13.6. The Morgan fingerprint density at radius 1 is 1.48 bits per heavy atom. The zero-order valence-corrected chi connectivity index (χ0v) is 12.7. The van der Waals surface area contributed by atoms with Crippen molar-refractivity contribution in [2.75, 3.05) is 0 Å². The number of carbonyl (C=O) groups excluding carboxylic acids is 1. The number of carbonyl (C=O) groups is 1. The van der Waals surface area contributed by atoms with Gasteiger partial charge in [0.15, 0.2) is 0 Å². The molecule has 112 valence electrons. The third-order valence-electron chi connectivity index (χ3n) is 3.27. The highest BCUT2D eigenvalue weighted by atomic mass is 35.5. The van der Waals surface area contributed by atoms with E-state index in [2.05, 4.69) is 10.4 Å². The Bertz CT molecular complexity index is 634. The van der Waals surface area contributed by atoms with E-state index in [-0.39, 0.29) is 18.0 Å². The fourth-order valence-corrected chi connectivity index (χ4v) is 2.30. The molecule has 0 aliphatic rings. The van der Waals surface area contributed by atoms with Gasteiger partial charge in [-0.3, -0.25) is 9.48 Å². The first-order chi connectivity index (χ1) is 10.0. The van der Waals surface area contributed by atoms with Crippen molar-refractivity contribution in [1.29, 1.82) is 0 Å². The van der Waals surface area contributed by atoms with E-state index < -0.39 is 5.82 Å². The average Bonchev–Trinajstić information content (AvgIpc) is 2.80. The van der Waals surface area contributed by atoms with Crippen molar-refractivity contribution in [3.05, 3.63) is 52.1 Å². The fraction of sp³-hybridized carbons (Fsp3) is 0.333. The van der Waals surface area contributed by atoms with Crippen LogP contribution in [0.3, 0.4) is 0 Å². The molecule has 1 aromatic heterocycles. The Labute approximate surface area is 127 Å². The molecular weight excluding hydrogens is 293 g/mol. The van der Waals surface area contributed by atoms with Gasteiger partial charge in [0.25, 0.3) is 5.91 Å². The largest absolute Gasteiger partial charge is 0.348 e. The van der Waals surface area contributed by atoms with Gasteiger partial charge in [-0.15, -0.1) is 0 Å². The van der Waals surface area contributed by atoms with E-state index in [1.54, 1.807) is 10.7 Å². The average molecular weight is 310 g/mol. The zero-order valence-electron chi connectivity index (χ0n) is 12.0. The molecular formula is C15H17ClFN3O. The van der Waals surface area contributed by atoms with Crippen LogP contribution >= 0.6 is 11.6 Å². The van der Waals surface area contributed by atoms with Crippen LogP contribution in [0.15, 0.2) is 24.4 Å². The number of hydrogen-bond donors (Lipinski definition) is 1. The van der Waals surface area contributed by atoms with E-state index >= 15 is 0 Å². The van der Waals surface area contributed by atoms with Crippen molar-refractivity contribution in [3.63, 3.8) is 0 Å². The minimum Gasteiger partial charge on any atom is -0.348 e. The van der Waals surface area contributed by atoms with E-state index in [4.69, 9.17) is 11.6 Å². The van der Waals surface area contributed by atoms with Gasteiger partial charge in [-0.25, -0.2) is 4.39 Å². The third kappa shape index (κ3) is 3.42.